The summed E-state index contributed by atoms with van der Waals surface area (Å²) in [5.74, 6) is 1.05. The Balaban J connectivity index is 1.58. The molecule has 28 heavy (non-hydrogen) atoms. The quantitative estimate of drug-likeness (QED) is 0.810. The second-order valence-electron chi connectivity index (χ2n) is 7.24. The Bertz CT molecular complexity index is 885. The fraction of sp³-hybridized carbons (Fsp3) is 0.429. The van der Waals surface area contributed by atoms with Gasteiger partial charge in [0.1, 0.15) is 17.3 Å². The van der Waals surface area contributed by atoms with Crippen LogP contribution in [0, 0.1) is 19.7 Å². The summed E-state index contributed by atoms with van der Waals surface area (Å²) in [5, 5.41) is 3.00. The van der Waals surface area contributed by atoms with Crippen molar-refractivity contribution in [2.24, 2.45) is 0 Å². The van der Waals surface area contributed by atoms with Crippen LogP contribution >= 0.6 is 0 Å². The first-order chi connectivity index (χ1) is 13.3. The van der Waals surface area contributed by atoms with Crippen LogP contribution in [-0.2, 0) is 0 Å². The van der Waals surface area contributed by atoms with Gasteiger partial charge in [0.25, 0.3) is 0 Å². The Morgan fingerprint density at radius 2 is 1.82 bits per heavy atom. The highest BCUT2D eigenvalue weighted by Crippen LogP contribution is 2.24. The Kier molecular flexibility index (Phi) is 5.72. The summed E-state index contributed by atoms with van der Waals surface area (Å²) in [6, 6.07) is 6.18. The summed E-state index contributed by atoms with van der Waals surface area (Å²) in [4.78, 5) is 27.6. The van der Waals surface area contributed by atoms with Gasteiger partial charge < -0.3 is 19.5 Å². The lowest BCUT2D eigenvalue weighted by Crippen LogP contribution is -2.52. The second kappa shape index (κ2) is 8.04. The number of aryl methyl sites for hydroxylation is 2. The van der Waals surface area contributed by atoms with E-state index < -0.39 is 5.82 Å². The molecule has 1 aromatic carbocycles. The van der Waals surface area contributed by atoms with Gasteiger partial charge in [-0.25, -0.2) is 9.18 Å². The van der Waals surface area contributed by atoms with E-state index in [4.69, 9.17) is 4.42 Å². The van der Waals surface area contributed by atoms with Crippen molar-refractivity contribution in [3.05, 3.63) is 52.7 Å². The number of rotatable bonds is 4. The SMILES string of the molecule is CC(=O)c1ccc(N2CCN(C(=O)NC(C)c3cc(C)oc3C)CC2)c(F)c1. The highest BCUT2D eigenvalue weighted by molar-refractivity contribution is 5.94. The maximum Gasteiger partial charge on any atom is 0.317 e. The van der Waals surface area contributed by atoms with E-state index in [0.29, 0.717) is 37.4 Å². The van der Waals surface area contributed by atoms with Gasteiger partial charge in [0.2, 0.25) is 0 Å². The Morgan fingerprint density at radius 3 is 2.36 bits per heavy atom. The summed E-state index contributed by atoms with van der Waals surface area (Å²) in [5.41, 5.74) is 1.79. The van der Waals surface area contributed by atoms with Gasteiger partial charge in [0.15, 0.2) is 5.78 Å². The minimum absolute atomic E-state index is 0.141. The molecule has 1 atom stereocenters. The minimum Gasteiger partial charge on any atom is -0.466 e. The summed E-state index contributed by atoms with van der Waals surface area (Å²) in [6.07, 6.45) is 0. The number of anilines is 1. The van der Waals surface area contributed by atoms with Crippen molar-refractivity contribution in [3.8, 4) is 0 Å². The van der Waals surface area contributed by atoms with Crippen LogP contribution in [0.2, 0.25) is 0 Å². The molecule has 1 aromatic heterocycles. The molecule has 150 valence electrons. The van der Waals surface area contributed by atoms with Crippen molar-refractivity contribution < 1.29 is 18.4 Å². The third-order valence-electron chi connectivity index (χ3n) is 5.15. The normalized spacial score (nSPS) is 15.5. The molecule has 2 amide bonds. The number of hydrogen-bond acceptors (Lipinski definition) is 4. The van der Waals surface area contributed by atoms with Crippen molar-refractivity contribution in [2.75, 3.05) is 31.1 Å². The van der Waals surface area contributed by atoms with Gasteiger partial charge in [-0.3, -0.25) is 4.79 Å². The molecule has 2 heterocycles. The van der Waals surface area contributed by atoms with E-state index >= 15 is 0 Å². The number of amides is 2. The first-order valence-electron chi connectivity index (χ1n) is 9.44. The summed E-state index contributed by atoms with van der Waals surface area (Å²) >= 11 is 0. The molecule has 0 saturated carbocycles. The number of furan rings is 1. The molecule has 6 nitrogen and oxygen atoms in total. The third-order valence-corrected chi connectivity index (χ3v) is 5.15. The second-order valence-corrected chi connectivity index (χ2v) is 7.24. The number of halogens is 1. The summed E-state index contributed by atoms with van der Waals surface area (Å²) in [6.45, 7) is 9.16. The number of nitrogens with one attached hydrogen (secondary N) is 1. The van der Waals surface area contributed by atoms with E-state index in [2.05, 4.69) is 5.32 Å². The molecule has 0 radical (unpaired) electrons. The van der Waals surface area contributed by atoms with Gasteiger partial charge in [-0.15, -0.1) is 0 Å². The molecule has 1 aliphatic heterocycles. The highest BCUT2D eigenvalue weighted by atomic mass is 19.1. The lowest BCUT2D eigenvalue weighted by Gasteiger charge is -2.36. The molecule has 0 spiro atoms. The van der Waals surface area contributed by atoms with Crippen LogP contribution < -0.4 is 10.2 Å². The standard InChI is InChI=1S/C21H26FN3O3/c1-13-11-18(16(4)28-13)14(2)23-21(27)25-9-7-24(8-10-25)20-6-5-17(15(3)26)12-19(20)22/h5-6,11-12,14H,7-10H2,1-4H3,(H,23,27). The molecule has 1 aliphatic rings. The van der Waals surface area contributed by atoms with Crippen LogP contribution in [0.3, 0.4) is 0 Å². The monoisotopic (exact) mass is 387 g/mol. The van der Waals surface area contributed by atoms with Crippen LogP contribution in [0.1, 0.15) is 47.3 Å². The van der Waals surface area contributed by atoms with Crippen LogP contribution in [0.5, 0.6) is 0 Å². The number of Topliss-reactive ketones (excluding diaryl/α,β-unsaturated/α-hetero) is 1. The Labute approximate surface area is 164 Å². The molecule has 1 fully saturated rings. The number of benzene rings is 1. The first-order valence-corrected chi connectivity index (χ1v) is 9.44. The Hall–Kier alpha value is -2.83. The van der Waals surface area contributed by atoms with Crippen molar-refractivity contribution in [1.82, 2.24) is 10.2 Å². The number of urea groups is 1. The number of carbonyl (C=O) groups excluding carboxylic acids is 2. The van der Waals surface area contributed by atoms with Crippen molar-refractivity contribution in [1.29, 1.82) is 0 Å². The lowest BCUT2D eigenvalue weighted by molar-refractivity contribution is 0.101. The predicted molar refractivity (Wildman–Crippen MR) is 105 cm³/mol. The third kappa shape index (κ3) is 4.18. The molecular weight excluding hydrogens is 361 g/mol. The van der Waals surface area contributed by atoms with Gasteiger partial charge in [0, 0.05) is 37.3 Å². The molecule has 2 aromatic rings. The highest BCUT2D eigenvalue weighted by Gasteiger charge is 2.25. The van der Waals surface area contributed by atoms with Crippen LogP contribution in [0.15, 0.2) is 28.7 Å². The minimum atomic E-state index is -0.412. The van der Waals surface area contributed by atoms with E-state index in [1.165, 1.54) is 13.0 Å². The largest absolute Gasteiger partial charge is 0.466 e. The number of ketones is 1. The fourth-order valence-corrected chi connectivity index (χ4v) is 3.57. The number of piperazine rings is 1. The molecule has 1 N–H and O–H groups in total. The average Bonchev–Trinajstić information content (AvgIpc) is 3.00. The molecule has 0 aliphatic carbocycles. The molecule has 1 unspecified atom stereocenters. The van der Waals surface area contributed by atoms with E-state index in [1.54, 1.807) is 17.0 Å². The fourth-order valence-electron chi connectivity index (χ4n) is 3.57. The number of hydrogen-bond donors (Lipinski definition) is 1. The maximum absolute atomic E-state index is 14.4. The van der Waals surface area contributed by atoms with Crippen LogP contribution in [0.25, 0.3) is 0 Å². The number of nitrogens with zero attached hydrogens (tertiary/aromatic N) is 2. The molecule has 3 rings (SSSR count). The lowest BCUT2D eigenvalue weighted by atomic mass is 10.1. The van der Waals surface area contributed by atoms with E-state index in [0.717, 1.165) is 17.1 Å². The first kappa shape index (κ1) is 19.9. The van der Waals surface area contributed by atoms with Crippen LogP contribution in [-0.4, -0.2) is 42.9 Å². The average molecular weight is 387 g/mol. The maximum atomic E-state index is 14.4. The van der Waals surface area contributed by atoms with Crippen molar-refractivity contribution in [3.63, 3.8) is 0 Å². The van der Waals surface area contributed by atoms with Gasteiger partial charge in [0.05, 0.1) is 11.7 Å². The zero-order valence-corrected chi connectivity index (χ0v) is 16.7. The smallest absolute Gasteiger partial charge is 0.317 e. The van der Waals surface area contributed by atoms with Gasteiger partial charge in [-0.1, -0.05) is 0 Å². The predicted octanol–water partition coefficient (Wildman–Crippen LogP) is 3.83. The molecule has 7 heteroatoms. The van der Waals surface area contributed by atoms with Crippen molar-refractivity contribution in [2.45, 2.75) is 33.7 Å². The summed E-state index contributed by atoms with van der Waals surface area (Å²) in [7, 11) is 0. The number of carbonyl (C=O) groups is 2. The van der Waals surface area contributed by atoms with Gasteiger partial charge in [-0.2, -0.15) is 0 Å². The van der Waals surface area contributed by atoms with E-state index in [1.807, 2.05) is 31.7 Å². The van der Waals surface area contributed by atoms with Gasteiger partial charge >= 0.3 is 6.03 Å². The molecule has 1 saturated heterocycles. The zero-order chi connectivity index (χ0) is 20.4. The zero-order valence-electron chi connectivity index (χ0n) is 16.7. The van der Waals surface area contributed by atoms with Crippen LogP contribution in [0.4, 0.5) is 14.9 Å². The molecule has 0 bridgehead atoms. The topological polar surface area (TPSA) is 65.8 Å². The van der Waals surface area contributed by atoms with Gasteiger partial charge in [-0.05, 0) is 52.0 Å². The summed E-state index contributed by atoms with van der Waals surface area (Å²) < 4.78 is 19.9. The molecular formula is C21H26FN3O3. The Morgan fingerprint density at radius 1 is 1.14 bits per heavy atom. The van der Waals surface area contributed by atoms with E-state index in [9.17, 15) is 14.0 Å². The van der Waals surface area contributed by atoms with E-state index in [-0.39, 0.29) is 17.9 Å². The van der Waals surface area contributed by atoms with Crippen molar-refractivity contribution >= 4 is 17.5 Å².